The molecule has 0 amide bonds. The molecule has 2 unspecified atom stereocenters. The number of hydrogen-bond acceptors (Lipinski definition) is 5. The zero-order valence-corrected chi connectivity index (χ0v) is 11.4. The van der Waals surface area contributed by atoms with Crippen LogP contribution < -0.4 is 0 Å². The summed E-state index contributed by atoms with van der Waals surface area (Å²) in [7, 11) is 1.61. The summed E-state index contributed by atoms with van der Waals surface area (Å²) < 4.78 is 19.9. The summed E-state index contributed by atoms with van der Waals surface area (Å²) in [4.78, 5) is 10.9. The first-order valence-electron chi connectivity index (χ1n) is 5.72. The molecule has 0 aliphatic heterocycles. The van der Waals surface area contributed by atoms with Gasteiger partial charge in [0.15, 0.2) is 11.9 Å². The van der Waals surface area contributed by atoms with Gasteiger partial charge >= 0.3 is 6.16 Å². The predicted molar refractivity (Wildman–Crippen MR) is 64.0 cm³/mol. The number of ether oxygens (including phenoxy) is 4. The molecular weight excluding hydrogens is 248 g/mol. The molecule has 0 radical (unpaired) electrons. The predicted octanol–water partition coefficient (Wildman–Crippen LogP) is 2.90. The number of carbonyl (C=O) groups is 1. The highest BCUT2D eigenvalue weighted by Crippen LogP contribution is 2.04. The highest BCUT2D eigenvalue weighted by molar-refractivity contribution is 6.19. The Hall–Kier alpha value is -0.520. The Morgan fingerprint density at radius 3 is 2.59 bits per heavy atom. The third kappa shape index (κ3) is 10.4. The lowest BCUT2D eigenvalue weighted by molar-refractivity contribution is -0.129. The van der Waals surface area contributed by atoms with E-state index in [0.717, 1.165) is 12.8 Å². The Labute approximate surface area is 107 Å². The molecule has 0 rings (SSSR count). The highest BCUT2D eigenvalue weighted by atomic mass is 35.5. The third-order valence-corrected chi connectivity index (χ3v) is 1.95. The van der Waals surface area contributed by atoms with Gasteiger partial charge in [0, 0.05) is 13.5 Å². The van der Waals surface area contributed by atoms with E-state index in [1.165, 1.54) is 0 Å². The molecular formula is C11H21ClO5. The van der Waals surface area contributed by atoms with Crippen molar-refractivity contribution < 1.29 is 23.7 Å². The van der Waals surface area contributed by atoms with Gasteiger partial charge < -0.3 is 18.9 Å². The Bertz CT molecular complexity index is 198. The van der Waals surface area contributed by atoms with Gasteiger partial charge in [0.2, 0.25) is 0 Å². The first kappa shape index (κ1) is 16.5. The molecule has 0 saturated heterocycles. The van der Waals surface area contributed by atoms with Crippen LogP contribution in [0.25, 0.3) is 0 Å². The molecule has 0 aliphatic carbocycles. The fourth-order valence-corrected chi connectivity index (χ4v) is 1.17. The number of carbonyl (C=O) groups excluding carboxylic acids is 1. The molecule has 102 valence electrons. The minimum absolute atomic E-state index is 0.185. The van der Waals surface area contributed by atoms with Crippen molar-refractivity contribution in [1.82, 2.24) is 0 Å². The normalized spacial score (nSPS) is 14.1. The van der Waals surface area contributed by atoms with Crippen LogP contribution in [-0.4, -0.2) is 38.3 Å². The van der Waals surface area contributed by atoms with E-state index in [2.05, 4.69) is 11.7 Å². The lowest BCUT2D eigenvalue weighted by Gasteiger charge is -2.15. The number of hydrogen-bond donors (Lipinski definition) is 0. The Kier molecular flexibility index (Phi) is 10.3. The summed E-state index contributed by atoms with van der Waals surface area (Å²) in [6.45, 7) is 4.31. The van der Waals surface area contributed by atoms with Crippen molar-refractivity contribution in [3.63, 3.8) is 0 Å². The summed E-state index contributed by atoms with van der Waals surface area (Å²) in [5.74, 6) is 0. The maximum absolute atomic E-state index is 10.9. The molecule has 0 saturated carbocycles. The molecule has 17 heavy (non-hydrogen) atoms. The minimum Gasteiger partial charge on any atom is -0.434 e. The van der Waals surface area contributed by atoms with Crippen molar-refractivity contribution in [1.29, 1.82) is 0 Å². The monoisotopic (exact) mass is 268 g/mol. The second-order valence-electron chi connectivity index (χ2n) is 3.44. The molecule has 0 bridgehead atoms. The quantitative estimate of drug-likeness (QED) is 0.279. The average Bonchev–Trinajstić information content (AvgIpc) is 2.26. The first-order chi connectivity index (χ1) is 8.10. The molecule has 2 atom stereocenters. The van der Waals surface area contributed by atoms with E-state index in [4.69, 9.17) is 25.8 Å². The van der Waals surface area contributed by atoms with Gasteiger partial charge in [-0.15, -0.1) is 0 Å². The van der Waals surface area contributed by atoms with Crippen LogP contribution in [0.5, 0.6) is 0 Å². The second-order valence-corrected chi connectivity index (χ2v) is 4.05. The van der Waals surface area contributed by atoms with Gasteiger partial charge in [0.05, 0.1) is 13.2 Å². The van der Waals surface area contributed by atoms with Crippen molar-refractivity contribution in [3.05, 3.63) is 0 Å². The molecule has 6 heteroatoms. The van der Waals surface area contributed by atoms with Gasteiger partial charge in [-0.25, -0.2) is 4.79 Å². The zero-order valence-electron chi connectivity index (χ0n) is 10.6. The van der Waals surface area contributed by atoms with Crippen LogP contribution in [0.2, 0.25) is 0 Å². The standard InChI is InChI=1S/C11H21ClO5/c1-4-6-10(14-3)15-7-5-8-16-11(13)17-9(2)12/h9-10H,4-8H2,1-3H3. The van der Waals surface area contributed by atoms with Crippen LogP contribution in [0.4, 0.5) is 4.79 Å². The van der Waals surface area contributed by atoms with Gasteiger partial charge in [0.25, 0.3) is 0 Å². The number of methoxy groups -OCH3 is 1. The molecule has 5 nitrogen and oxygen atoms in total. The van der Waals surface area contributed by atoms with Crippen molar-refractivity contribution >= 4 is 17.8 Å². The molecule has 0 aromatic rings. The number of halogens is 1. The van der Waals surface area contributed by atoms with E-state index in [-0.39, 0.29) is 12.9 Å². The van der Waals surface area contributed by atoms with Crippen LogP contribution in [0.3, 0.4) is 0 Å². The van der Waals surface area contributed by atoms with Crippen LogP contribution in [0.1, 0.15) is 33.1 Å². The molecule has 0 heterocycles. The van der Waals surface area contributed by atoms with Crippen LogP contribution >= 0.6 is 11.6 Å². The largest absolute Gasteiger partial charge is 0.509 e. The van der Waals surface area contributed by atoms with Gasteiger partial charge in [-0.3, -0.25) is 0 Å². The minimum atomic E-state index is -0.760. The summed E-state index contributed by atoms with van der Waals surface area (Å²) in [5.41, 5.74) is -0.679. The summed E-state index contributed by atoms with van der Waals surface area (Å²) >= 11 is 5.44. The highest BCUT2D eigenvalue weighted by Gasteiger charge is 2.08. The molecule has 0 spiro atoms. The number of alkyl halides is 1. The zero-order chi connectivity index (χ0) is 13.1. The topological polar surface area (TPSA) is 54.0 Å². The smallest absolute Gasteiger partial charge is 0.434 e. The van der Waals surface area contributed by atoms with Crippen molar-refractivity contribution in [2.75, 3.05) is 20.3 Å². The molecule has 0 N–H and O–H groups in total. The van der Waals surface area contributed by atoms with E-state index in [1.54, 1.807) is 14.0 Å². The second kappa shape index (κ2) is 10.6. The van der Waals surface area contributed by atoms with Crippen molar-refractivity contribution in [2.24, 2.45) is 0 Å². The molecule has 0 aliphatic rings. The molecule has 0 fully saturated rings. The molecule has 0 aromatic heterocycles. The molecule has 0 aromatic carbocycles. The van der Waals surface area contributed by atoms with Gasteiger partial charge in [-0.1, -0.05) is 24.9 Å². The first-order valence-corrected chi connectivity index (χ1v) is 6.15. The van der Waals surface area contributed by atoms with E-state index in [9.17, 15) is 4.79 Å². The Morgan fingerprint density at radius 2 is 2.06 bits per heavy atom. The SMILES string of the molecule is CCCC(OC)OCCCOC(=O)OC(C)Cl. The van der Waals surface area contributed by atoms with Crippen molar-refractivity contribution in [3.8, 4) is 0 Å². The van der Waals surface area contributed by atoms with Crippen LogP contribution in [0, 0.1) is 0 Å². The van der Waals surface area contributed by atoms with Gasteiger partial charge in [-0.2, -0.15) is 0 Å². The van der Waals surface area contributed by atoms with Gasteiger partial charge in [-0.05, 0) is 13.3 Å². The third-order valence-electron chi connectivity index (χ3n) is 1.86. The summed E-state index contributed by atoms with van der Waals surface area (Å²) in [6, 6.07) is 0. The van der Waals surface area contributed by atoms with Crippen LogP contribution in [0.15, 0.2) is 0 Å². The van der Waals surface area contributed by atoms with E-state index in [1.807, 2.05) is 0 Å². The maximum Gasteiger partial charge on any atom is 0.509 e. The fourth-order valence-electron chi connectivity index (χ4n) is 1.10. The van der Waals surface area contributed by atoms with E-state index >= 15 is 0 Å². The van der Waals surface area contributed by atoms with Crippen molar-refractivity contribution in [2.45, 2.75) is 45.0 Å². The summed E-state index contributed by atoms with van der Waals surface area (Å²) in [5, 5.41) is 0. The maximum atomic E-state index is 10.9. The Morgan fingerprint density at radius 1 is 1.35 bits per heavy atom. The lowest BCUT2D eigenvalue weighted by atomic mass is 10.3. The van der Waals surface area contributed by atoms with E-state index in [0.29, 0.717) is 13.0 Å². The average molecular weight is 269 g/mol. The number of rotatable bonds is 9. The Balaban J connectivity index is 3.41. The van der Waals surface area contributed by atoms with Gasteiger partial charge in [0.1, 0.15) is 0 Å². The van der Waals surface area contributed by atoms with E-state index < -0.39 is 11.7 Å². The summed E-state index contributed by atoms with van der Waals surface area (Å²) in [6.07, 6.45) is 1.49. The lowest BCUT2D eigenvalue weighted by Crippen LogP contribution is -2.17. The van der Waals surface area contributed by atoms with Crippen LogP contribution in [-0.2, 0) is 18.9 Å². The fraction of sp³-hybridized carbons (Fsp3) is 0.909.